The quantitative estimate of drug-likeness (QED) is 0.0321. The minimum atomic E-state index is -1.34. The van der Waals surface area contributed by atoms with E-state index in [2.05, 4.69) is 52.2 Å². The van der Waals surface area contributed by atoms with Gasteiger partial charge in [0.2, 0.25) is 53.2 Å². The van der Waals surface area contributed by atoms with Crippen molar-refractivity contribution in [1.82, 2.24) is 52.2 Å². The van der Waals surface area contributed by atoms with E-state index in [9.17, 15) is 43.2 Å². The van der Waals surface area contributed by atoms with Gasteiger partial charge >= 0.3 is 0 Å². The molecule has 8 atom stereocenters. The lowest BCUT2D eigenvalue weighted by Crippen LogP contribution is -2.59. The largest absolute Gasteiger partial charge is 0.370 e. The van der Waals surface area contributed by atoms with Crippen LogP contribution >= 0.6 is 0 Å². The van der Waals surface area contributed by atoms with Crippen LogP contribution in [0.4, 0.5) is 0 Å². The van der Waals surface area contributed by atoms with Gasteiger partial charge in [0.15, 0.2) is 0 Å². The summed E-state index contributed by atoms with van der Waals surface area (Å²) in [7, 11) is 0. The number of primary amides is 2. The van der Waals surface area contributed by atoms with Crippen LogP contribution in [-0.4, -0.2) is 117 Å². The minimum Gasteiger partial charge on any atom is -0.370 e. The molecule has 0 saturated carbocycles. The van der Waals surface area contributed by atoms with Crippen LogP contribution in [0.1, 0.15) is 84.5 Å². The highest BCUT2D eigenvalue weighted by atomic mass is 16.2. The first-order valence-electron chi connectivity index (χ1n) is 25.2. The van der Waals surface area contributed by atoms with E-state index >= 15 is 0 Å². The number of nitrogens with one attached hydrogen (secondary N) is 9. The maximum Gasteiger partial charge on any atom is 0.243 e. The Labute approximate surface area is 437 Å². The SMILES string of the molecule is CC(C)C[C@H](/C=C/[C@@H](NC(=O)[C@H](Cc1cnc[nH]1)NC(=O)CNC(=O)[C@@H](NC(=O)[C@H](C)NC(=O)[C@H](Cc1c[nH]c2ccccc12)NC(=O)[C@H](CCC(N)=O)NC(=O)[C@H](N)Cc1ccccc1)C(C)C)C(C)C)C(N)=O. The number of carbonyl (C=O) groups excluding carboxylic acids is 9. The molecule has 9 amide bonds. The van der Waals surface area contributed by atoms with Gasteiger partial charge in [-0.25, -0.2) is 4.98 Å². The molecule has 15 N–H and O–H groups in total. The van der Waals surface area contributed by atoms with Gasteiger partial charge in [-0.05, 0) is 61.1 Å². The molecule has 0 unspecified atom stereocenters. The first-order valence-corrected chi connectivity index (χ1v) is 25.2. The molecule has 22 nitrogen and oxygen atoms in total. The Morgan fingerprint density at radius 2 is 1.28 bits per heavy atom. The van der Waals surface area contributed by atoms with Crippen molar-refractivity contribution in [2.24, 2.45) is 40.9 Å². The number of amides is 9. The Kier molecular flexibility index (Phi) is 23.2. The van der Waals surface area contributed by atoms with Crippen LogP contribution in [0.15, 0.2) is 85.5 Å². The number of para-hydroxylation sites is 1. The van der Waals surface area contributed by atoms with Gasteiger partial charge in [0.05, 0.1) is 24.8 Å². The van der Waals surface area contributed by atoms with E-state index in [1.54, 1.807) is 56.5 Å². The third-order valence-corrected chi connectivity index (χ3v) is 12.4. The number of rotatable bonds is 30. The summed E-state index contributed by atoms with van der Waals surface area (Å²) in [5.41, 5.74) is 20.0. The van der Waals surface area contributed by atoms with Crippen molar-refractivity contribution in [3.05, 3.63) is 102 Å². The summed E-state index contributed by atoms with van der Waals surface area (Å²) in [4.78, 5) is 130. The highest BCUT2D eigenvalue weighted by Gasteiger charge is 2.33. The third-order valence-electron chi connectivity index (χ3n) is 12.4. The highest BCUT2D eigenvalue weighted by molar-refractivity contribution is 5.97. The maximum atomic E-state index is 14.2. The second-order valence-electron chi connectivity index (χ2n) is 19.9. The Morgan fingerprint density at radius 1 is 0.640 bits per heavy atom. The van der Waals surface area contributed by atoms with Crippen molar-refractivity contribution >= 4 is 64.1 Å². The molecule has 4 rings (SSSR count). The van der Waals surface area contributed by atoms with E-state index in [-0.39, 0.29) is 43.9 Å². The van der Waals surface area contributed by atoms with Crippen LogP contribution in [0.3, 0.4) is 0 Å². The maximum absolute atomic E-state index is 14.2. The smallest absolute Gasteiger partial charge is 0.243 e. The summed E-state index contributed by atoms with van der Waals surface area (Å²) in [6, 6.07) is 8.45. The first-order chi connectivity index (χ1) is 35.5. The molecule has 4 aromatic rings. The summed E-state index contributed by atoms with van der Waals surface area (Å²) < 4.78 is 0. The molecule has 75 heavy (non-hydrogen) atoms. The number of imidazole rings is 1. The van der Waals surface area contributed by atoms with Gasteiger partial charge < -0.3 is 64.4 Å². The van der Waals surface area contributed by atoms with Gasteiger partial charge in [0.25, 0.3) is 0 Å². The summed E-state index contributed by atoms with van der Waals surface area (Å²) in [6.45, 7) is 11.9. The number of hydrogen-bond donors (Lipinski definition) is 12. The Balaban J connectivity index is 1.44. The number of nitrogens with two attached hydrogens (primary N) is 3. The Bertz CT molecular complexity index is 2600. The molecule has 0 saturated heterocycles. The normalized spacial score (nSPS) is 14.7. The van der Waals surface area contributed by atoms with Gasteiger partial charge in [-0.1, -0.05) is 102 Å². The number of hydrogen-bond acceptors (Lipinski definition) is 11. The second-order valence-corrected chi connectivity index (χ2v) is 19.9. The van der Waals surface area contributed by atoms with Crippen molar-refractivity contribution in [2.45, 2.75) is 129 Å². The van der Waals surface area contributed by atoms with Gasteiger partial charge in [-0.3, -0.25) is 43.2 Å². The van der Waals surface area contributed by atoms with Crippen LogP contribution in [0.25, 0.3) is 10.9 Å². The van der Waals surface area contributed by atoms with Crippen LogP contribution in [-0.2, 0) is 62.4 Å². The molecule has 2 aromatic heterocycles. The van der Waals surface area contributed by atoms with E-state index in [1.807, 2.05) is 58.0 Å². The van der Waals surface area contributed by atoms with Crippen LogP contribution in [0.5, 0.6) is 0 Å². The van der Waals surface area contributed by atoms with Crippen molar-refractivity contribution < 1.29 is 43.2 Å². The average molecular weight is 1040 g/mol. The minimum absolute atomic E-state index is 0.0221. The molecule has 0 spiro atoms. The van der Waals surface area contributed by atoms with Crippen LogP contribution in [0.2, 0.25) is 0 Å². The molecule has 0 aliphatic rings. The first kappa shape index (κ1) is 59.7. The topological polar surface area (TPSA) is 360 Å². The fraction of sp³-hybridized carbons (Fsp3) is 0.472. The Morgan fingerprint density at radius 3 is 1.91 bits per heavy atom. The molecule has 0 aliphatic heterocycles. The molecular weight excluding hydrogens is 963 g/mol. The number of fused-ring (bicyclic) bond motifs is 1. The van der Waals surface area contributed by atoms with Gasteiger partial charge in [-0.2, -0.15) is 0 Å². The average Bonchev–Trinajstić information content (AvgIpc) is 4.03. The second kappa shape index (κ2) is 29.1. The van der Waals surface area contributed by atoms with Crippen LogP contribution < -0.4 is 54.4 Å². The standard InChI is InChI=1S/C53H75N13O9/c1-29(2)21-34(47(56)69)17-18-39(30(3)4)63-52(74)43(24-36-26-57-28-60-36)62-45(68)27-59-53(75)46(31(5)6)66-48(70)32(7)61-51(73)42(23-35-25-58-40-16-12-11-15-37(35)40)65-50(72)41(19-20-44(55)67)64-49(71)38(54)22-33-13-9-8-10-14-33/h8-18,25-26,28-32,34,38-39,41-43,46,58H,19-24,27,54H2,1-7H3,(H2,55,67)(H2,56,69)(H,57,60)(H,59,75)(H,61,73)(H,62,68)(H,63,74)(H,64,71)(H,65,72)(H,66,70)/b18-17+/t32-,34-,38+,39+,41-,42-,43-,46-/m0/s1. The summed E-state index contributed by atoms with van der Waals surface area (Å²) in [5, 5.41) is 19.5. The molecule has 0 aliphatic carbocycles. The zero-order valence-electron chi connectivity index (χ0n) is 43.7. The molecule has 0 bridgehead atoms. The lowest BCUT2D eigenvalue weighted by molar-refractivity contribution is -0.135. The number of H-pyrrole nitrogens is 2. The zero-order chi connectivity index (χ0) is 55.4. The van der Waals surface area contributed by atoms with E-state index < -0.39 is 114 Å². The van der Waals surface area contributed by atoms with E-state index in [4.69, 9.17) is 17.2 Å². The lowest BCUT2D eigenvalue weighted by atomic mass is 9.94. The number of aromatic amines is 2. The van der Waals surface area contributed by atoms with E-state index in [1.165, 1.54) is 19.4 Å². The van der Waals surface area contributed by atoms with E-state index in [0.717, 1.165) is 16.5 Å². The van der Waals surface area contributed by atoms with Gasteiger partial charge in [-0.15, -0.1) is 0 Å². The molecule has 0 fully saturated rings. The van der Waals surface area contributed by atoms with Crippen molar-refractivity contribution in [1.29, 1.82) is 0 Å². The number of aromatic nitrogens is 3. The van der Waals surface area contributed by atoms with Crippen molar-refractivity contribution in [2.75, 3.05) is 6.54 Å². The molecule has 22 heteroatoms. The number of benzene rings is 2. The number of carbonyl (C=O) groups is 9. The van der Waals surface area contributed by atoms with E-state index in [0.29, 0.717) is 17.7 Å². The zero-order valence-corrected chi connectivity index (χ0v) is 43.7. The summed E-state index contributed by atoms with van der Waals surface area (Å²) >= 11 is 0. The molecule has 2 heterocycles. The van der Waals surface area contributed by atoms with Gasteiger partial charge in [0.1, 0.15) is 30.2 Å². The predicted molar refractivity (Wildman–Crippen MR) is 282 cm³/mol. The van der Waals surface area contributed by atoms with Crippen LogP contribution in [0, 0.1) is 23.7 Å². The van der Waals surface area contributed by atoms with Gasteiger partial charge in [0, 0.05) is 54.3 Å². The number of nitrogens with zero attached hydrogens (tertiary/aromatic N) is 1. The summed E-state index contributed by atoms with van der Waals surface area (Å²) in [6.07, 6.45) is 8.19. The molecule has 406 valence electrons. The fourth-order valence-corrected chi connectivity index (χ4v) is 8.09. The third kappa shape index (κ3) is 19.5. The summed E-state index contributed by atoms with van der Waals surface area (Å²) in [5.74, 6) is -7.20. The Hall–Kier alpha value is -7.88. The highest BCUT2D eigenvalue weighted by Crippen LogP contribution is 2.20. The fourth-order valence-electron chi connectivity index (χ4n) is 8.09. The predicted octanol–water partition coefficient (Wildman–Crippen LogP) is 0.572. The molecule has 0 radical (unpaired) electrons. The molecular formula is C53H75N13O9. The van der Waals surface area contributed by atoms with Crippen molar-refractivity contribution in [3.8, 4) is 0 Å². The lowest BCUT2D eigenvalue weighted by Gasteiger charge is -2.26. The molecule has 2 aromatic carbocycles. The van der Waals surface area contributed by atoms with Crippen molar-refractivity contribution in [3.63, 3.8) is 0 Å². The monoisotopic (exact) mass is 1040 g/mol.